The third-order valence-electron chi connectivity index (χ3n) is 4.34. The van der Waals surface area contributed by atoms with Gasteiger partial charge in [-0.1, -0.05) is 13.8 Å². The Kier molecular flexibility index (Phi) is 13.8. The Morgan fingerprint density at radius 2 is 1.42 bits per heavy atom. The quantitative estimate of drug-likeness (QED) is 0.138. The Labute approximate surface area is 181 Å². The van der Waals surface area contributed by atoms with Crippen LogP contribution in [0.25, 0.3) is 0 Å². The smallest absolute Gasteiger partial charge is 0.322 e. The topological polar surface area (TPSA) is 214 Å². The molecule has 0 spiro atoms. The minimum absolute atomic E-state index is 0.136. The number of aliphatic carboxylic acids is 2. The lowest BCUT2D eigenvalue weighted by molar-refractivity contribution is -0.138. The van der Waals surface area contributed by atoms with Gasteiger partial charge in [-0.3, -0.25) is 24.0 Å². The lowest BCUT2D eigenvalue weighted by Gasteiger charge is -2.24. The molecule has 0 heterocycles. The molecule has 3 atom stereocenters. The number of nitrogens with two attached hydrogens (primary N) is 2. The van der Waals surface area contributed by atoms with Crippen molar-refractivity contribution in [1.82, 2.24) is 16.0 Å². The predicted octanol–water partition coefficient (Wildman–Crippen LogP) is -1.48. The van der Waals surface area contributed by atoms with Crippen molar-refractivity contribution in [2.45, 2.75) is 70.5 Å². The highest BCUT2D eigenvalue weighted by Gasteiger charge is 2.28. The molecule has 31 heavy (non-hydrogen) atoms. The van der Waals surface area contributed by atoms with E-state index in [0.717, 1.165) is 0 Å². The zero-order valence-electron chi connectivity index (χ0n) is 18.1. The summed E-state index contributed by atoms with van der Waals surface area (Å²) in [5.74, 6) is -4.32. The van der Waals surface area contributed by atoms with Gasteiger partial charge in [0.05, 0.1) is 6.04 Å². The Bertz CT molecular complexity index is 627. The Morgan fingerprint density at radius 3 is 1.94 bits per heavy atom. The summed E-state index contributed by atoms with van der Waals surface area (Å²) in [5, 5.41) is 24.8. The molecule has 178 valence electrons. The molecule has 12 nitrogen and oxygen atoms in total. The first-order valence-electron chi connectivity index (χ1n) is 10.3. The van der Waals surface area contributed by atoms with Crippen LogP contribution < -0.4 is 27.4 Å². The van der Waals surface area contributed by atoms with E-state index in [-0.39, 0.29) is 25.2 Å². The molecule has 0 bridgehead atoms. The maximum absolute atomic E-state index is 12.7. The van der Waals surface area contributed by atoms with Crippen molar-refractivity contribution in [2.75, 3.05) is 13.1 Å². The third-order valence-corrected chi connectivity index (χ3v) is 4.34. The monoisotopic (exact) mass is 445 g/mol. The second kappa shape index (κ2) is 15.1. The van der Waals surface area contributed by atoms with E-state index < -0.39 is 54.3 Å². The molecule has 0 aliphatic heterocycles. The predicted molar refractivity (Wildman–Crippen MR) is 112 cm³/mol. The normalized spacial score (nSPS) is 13.7. The van der Waals surface area contributed by atoms with Gasteiger partial charge in [0.1, 0.15) is 18.6 Å². The number of carboxylic acids is 2. The Morgan fingerprint density at radius 1 is 0.839 bits per heavy atom. The summed E-state index contributed by atoms with van der Waals surface area (Å²) < 4.78 is 0. The van der Waals surface area contributed by atoms with Gasteiger partial charge in [0.15, 0.2) is 0 Å². The van der Waals surface area contributed by atoms with E-state index in [1.807, 2.05) is 13.8 Å². The van der Waals surface area contributed by atoms with Gasteiger partial charge in [0, 0.05) is 6.42 Å². The van der Waals surface area contributed by atoms with Gasteiger partial charge in [-0.05, 0) is 44.6 Å². The summed E-state index contributed by atoms with van der Waals surface area (Å²) in [6, 6.07) is -3.16. The standard InChI is InChI=1S/C19H35N5O7/c1-11(2)9-12(21)17(29)23-14(6-7-15(25)26)19(31)24-13(5-3-4-8-20)18(30)22-10-16(27)28/h11-14H,3-10,20-21H2,1-2H3,(H,22,30)(H,23,29)(H,24,31)(H,25,26)(H,27,28). The molecule has 0 rings (SSSR count). The van der Waals surface area contributed by atoms with Crippen molar-refractivity contribution < 1.29 is 34.2 Å². The number of hydrogen-bond donors (Lipinski definition) is 7. The Balaban J connectivity index is 5.28. The van der Waals surface area contributed by atoms with Crippen molar-refractivity contribution in [2.24, 2.45) is 17.4 Å². The average molecular weight is 446 g/mol. The maximum Gasteiger partial charge on any atom is 0.322 e. The zero-order chi connectivity index (χ0) is 24.0. The van der Waals surface area contributed by atoms with Gasteiger partial charge in [0.25, 0.3) is 0 Å². The van der Waals surface area contributed by atoms with Crippen molar-refractivity contribution in [1.29, 1.82) is 0 Å². The van der Waals surface area contributed by atoms with E-state index in [2.05, 4.69) is 16.0 Å². The van der Waals surface area contributed by atoms with Crippen LogP contribution in [-0.2, 0) is 24.0 Å². The molecule has 0 aromatic heterocycles. The average Bonchev–Trinajstić information content (AvgIpc) is 2.67. The summed E-state index contributed by atoms with van der Waals surface area (Å²) in [5.41, 5.74) is 11.3. The first-order chi connectivity index (χ1) is 14.5. The molecular formula is C19H35N5O7. The molecule has 0 aromatic carbocycles. The number of rotatable bonds is 16. The van der Waals surface area contributed by atoms with E-state index in [4.69, 9.17) is 21.7 Å². The molecule has 0 aliphatic rings. The summed E-state index contributed by atoms with van der Waals surface area (Å²) in [4.78, 5) is 59.0. The highest BCUT2D eigenvalue weighted by molar-refractivity contribution is 5.93. The lowest BCUT2D eigenvalue weighted by Crippen LogP contribution is -2.56. The van der Waals surface area contributed by atoms with Crippen LogP contribution >= 0.6 is 0 Å². The summed E-state index contributed by atoms with van der Waals surface area (Å²) in [7, 11) is 0. The number of unbranched alkanes of at least 4 members (excludes halogenated alkanes) is 1. The van der Waals surface area contributed by atoms with Crippen LogP contribution in [0.15, 0.2) is 0 Å². The fourth-order valence-corrected chi connectivity index (χ4v) is 2.75. The van der Waals surface area contributed by atoms with Gasteiger partial charge in [-0.25, -0.2) is 0 Å². The SMILES string of the molecule is CC(C)CC(N)C(=O)NC(CCC(=O)O)C(=O)NC(CCCCN)C(=O)NCC(=O)O. The molecule has 0 radical (unpaired) electrons. The largest absolute Gasteiger partial charge is 0.481 e. The fraction of sp³-hybridized carbons (Fsp3) is 0.737. The third kappa shape index (κ3) is 13.2. The van der Waals surface area contributed by atoms with Crippen molar-refractivity contribution in [3.05, 3.63) is 0 Å². The molecule has 9 N–H and O–H groups in total. The second-order valence-electron chi connectivity index (χ2n) is 7.69. The zero-order valence-corrected chi connectivity index (χ0v) is 18.1. The lowest BCUT2D eigenvalue weighted by atomic mass is 10.0. The van der Waals surface area contributed by atoms with Crippen molar-refractivity contribution >= 4 is 29.7 Å². The van der Waals surface area contributed by atoms with Gasteiger partial charge >= 0.3 is 11.9 Å². The number of hydrogen-bond acceptors (Lipinski definition) is 7. The van der Waals surface area contributed by atoms with Gasteiger partial charge < -0.3 is 37.6 Å². The highest BCUT2D eigenvalue weighted by Crippen LogP contribution is 2.07. The van der Waals surface area contributed by atoms with Crippen LogP contribution in [0.3, 0.4) is 0 Å². The van der Waals surface area contributed by atoms with Crippen LogP contribution in [0, 0.1) is 5.92 Å². The second-order valence-corrected chi connectivity index (χ2v) is 7.69. The molecule has 3 unspecified atom stereocenters. The Hall–Kier alpha value is -2.73. The molecule has 0 fully saturated rings. The van der Waals surface area contributed by atoms with Gasteiger partial charge in [-0.15, -0.1) is 0 Å². The highest BCUT2D eigenvalue weighted by atomic mass is 16.4. The molecule has 0 saturated heterocycles. The molecule has 0 saturated carbocycles. The molecule has 3 amide bonds. The molecular weight excluding hydrogens is 410 g/mol. The molecule has 12 heteroatoms. The van der Waals surface area contributed by atoms with Gasteiger partial charge in [-0.2, -0.15) is 0 Å². The van der Waals surface area contributed by atoms with Crippen LogP contribution in [0.1, 0.15) is 52.4 Å². The van der Waals surface area contributed by atoms with E-state index in [1.54, 1.807) is 0 Å². The number of nitrogens with one attached hydrogen (secondary N) is 3. The number of carbonyl (C=O) groups is 5. The van der Waals surface area contributed by atoms with E-state index in [1.165, 1.54) is 0 Å². The summed E-state index contributed by atoms with van der Waals surface area (Å²) >= 11 is 0. The fourth-order valence-electron chi connectivity index (χ4n) is 2.75. The minimum Gasteiger partial charge on any atom is -0.481 e. The number of carbonyl (C=O) groups excluding carboxylic acids is 3. The van der Waals surface area contributed by atoms with E-state index >= 15 is 0 Å². The molecule has 0 aromatic rings. The maximum atomic E-state index is 12.7. The first kappa shape index (κ1) is 28.3. The summed E-state index contributed by atoms with van der Waals surface area (Å²) in [6.07, 6.45) is 1.06. The first-order valence-corrected chi connectivity index (χ1v) is 10.3. The summed E-state index contributed by atoms with van der Waals surface area (Å²) in [6.45, 7) is 3.51. The minimum atomic E-state index is -1.24. The van der Waals surface area contributed by atoms with Crippen LogP contribution in [-0.4, -0.2) is 71.1 Å². The van der Waals surface area contributed by atoms with Crippen molar-refractivity contribution in [3.63, 3.8) is 0 Å². The van der Waals surface area contributed by atoms with E-state index in [9.17, 15) is 24.0 Å². The van der Waals surface area contributed by atoms with Gasteiger partial charge in [0.2, 0.25) is 17.7 Å². The van der Waals surface area contributed by atoms with Crippen LogP contribution in [0.2, 0.25) is 0 Å². The van der Waals surface area contributed by atoms with Crippen molar-refractivity contribution in [3.8, 4) is 0 Å². The molecule has 0 aliphatic carbocycles. The van der Waals surface area contributed by atoms with Crippen LogP contribution in [0.4, 0.5) is 0 Å². The van der Waals surface area contributed by atoms with E-state index in [0.29, 0.717) is 25.8 Å². The van der Waals surface area contributed by atoms with Crippen LogP contribution in [0.5, 0.6) is 0 Å². The number of carboxylic acid groups (broad SMARTS) is 2. The number of amides is 3.